The molecule has 0 bridgehead atoms. The highest BCUT2D eigenvalue weighted by Gasteiger charge is 2.19. The van der Waals surface area contributed by atoms with Crippen molar-refractivity contribution >= 4 is 24.0 Å². The topological polar surface area (TPSA) is 95.9 Å². The number of carbonyl (C=O) groups is 2. The lowest BCUT2D eigenvalue weighted by atomic mass is 10.0. The Labute approximate surface area is 156 Å². The Balaban J connectivity index is 1.75. The molecule has 2 atom stereocenters. The maximum absolute atomic E-state index is 11.6. The molecule has 0 saturated carbocycles. The van der Waals surface area contributed by atoms with E-state index in [4.69, 9.17) is 16.3 Å². The summed E-state index contributed by atoms with van der Waals surface area (Å²) in [5.41, 5.74) is 1.56. The lowest BCUT2D eigenvalue weighted by Gasteiger charge is -2.19. The van der Waals surface area contributed by atoms with E-state index < -0.39 is 18.3 Å². The molecule has 2 unspecified atom stereocenters. The minimum Gasteiger partial charge on any atom is -0.445 e. The summed E-state index contributed by atoms with van der Waals surface area (Å²) in [6.45, 7) is 0.283. The molecule has 0 heterocycles. The van der Waals surface area contributed by atoms with Crippen LogP contribution < -0.4 is 5.32 Å². The van der Waals surface area contributed by atoms with E-state index in [1.54, 1.807) is 0 Å². The molecule has 0 aliphatic rings. The molecular weight excluding hydrogens is 358 g/mol. The minimum atomic E-state index is -1.18. The second kappa shape index (κ2) is 9.91. The van der Waals surface area contributed by atoms with Gasteiger partial charge in [0.2, 0.25) is 0 Å². The number of alkyl carbamates (subject to hydrolysis) is 1. The summed E-state index contributed by atoms with van der Waals surface area (Å²) in [6.07, 6.45) is -2.17. The van der Waals surface area contributed by atoms with Crippen molar-refractivity contribution in [1.82, 2.24) is 5.32 Å². The summed E-state index contributed by atoms with van der Waals surface area (Å²) >= 11 is 5.91. The van der Waals surface area contributed by atoms with Gasteiger partial charge in [-0.1, -0.05) is 48.0 Å². The van der Waals surface area contributed by atoms with Crippen molar-refractivity contribution in [2.45, 2.75) is 25.2 Å². The van der Waals surface area contributed by atoms with E-state index >= 15 is 0 Å². The number of benzene rings is 2. The Morgan fingerprint density at radius 2 is 1.92 bits per heavy atom. The zero-order valence-electron chi connectivity index (χ0n) is 14.0. The molecule has 2 aromatic carbocycles. The van der Waals surface area contributed by atoms with Crippen LogP contribution in [0, 0.1) is 0 Å². The third kappa shape index (κ3) is 5.84. The van der Waals surface area contributed by atoms with Crippen molar-refractivity contribution in [3.05, 3.63) is 70.2 Å². The van der Waals surface area contributed by atoms with Gasteiger partial charge < -0.3 is 20.3 Å². The van der Waals surface area contributed by atoms with Crippen LogP contribution in [0.3, 0.4) is 0 Å². The first-order chi connectivity index (χ1) is 12.5. The largest absolute Gasteiger partial charge is 0.445 e. The van der Waals surface area contributed by atoms with Gasteiger partial charge in [0, 0.05) is 12.1 Å². The maximum atomic E-state index is 11.6. The molecule has 0 saturated heterocycles. The second-order valence-electron chi connectivity index (χ2n) is 5.69. The highest BCUT2D eigenvalue weighted by Crippen LogP contribution is 2.24. The van der Waals surface area contributed by atoms with Crippen LogP contribution in [0.4, 0.5) is 4.79 Å². The van der Waals surface area contributed by atoms with Crippen molar-refractivity contribution in [2.24, 2.45) is 0 Å². The van der Waals surface area contributed by atoms with Crippen molar-refractivity contribution in [3.63, 3.8) is 0 Å². The fourth-order valence-corrected chi connectivity index (χ4v) is 2.53. The molecule has 2 rings (SSSR count). The molecule has 0 fully saturated rings. The average Bonchev–Trinajstić information content (AvgIpc) is 2.66. The molecule has 0 spiro atoms. The van der Waals surface area contributed by atoms with E-state index in [0.717, 1.165) is 5.56 Å². The summed E-state index contributed by atoms with van der Waals surface area (Å²) in [7, 11) is 0. The standard InChI is InChI=1S/C19H20ClNO5/c20-16-10-14(6-7-15(16)11-22)18(24)17(23)8-9-21-19(25)26-12-13-4-2-1-3-5-13/h1-7,10-11,17-18,23-24H,8-9,12H2,(H,21,25). The van der Waals surface area contributed by atoms with E-state index in [0.29, 0.717) is 17.4 Å². The number of rotatable bonds is 8. The average molecular weight is 378 g/mol. The van der Waals surface area contributed by atoms with Crippen LogP contribution in [0.25, 0.3) is 0 Å². The highest BCUT2D eigenvalue weighted by molar-refractivity contribution is 6.33. The first-order valence-electron chi connectivity index (χ1n) is 8.06. The van der Waals surface area contributed by atoms with Gasteiger partial charge in [0.1, 0.15) is 12.7 Å². The van der Waals surface area contributed by atoms with Gasteiger partial charge in [0.05, 0.1) is 11.1 Å². The lowest BCUT2D eigenvalue weighted by molar-refractivity contribution is 0.0136. The molecule has 3 N–H and O–H groups in total. The normalized spacial score (nSPS) is 12.9. The number of hydrogen-bond donors (Lipinski definition) is 3. The molecule has 0 aliphatic heterocycles. The third-order valence-electron chi connectivity index (χ3n) is 3.78. The fraction of sp³-hybridized carbons (Fsp3) is 0.263. The zero-order chi connectivity index (χ0) is 18.9. The van der Waals surface area contributed by atoms with Crippen molar-refractivity contribution in [2.75, 3.05) is 6.54 Å². The summed E-state index contributed by atoms with van der Waals surface area (Å²) < 4.78 is 5.05. The van der Waals surface area contributed by atoms with E-state index in [2.05, 4.69) is 5.32 Å². The van der Waals surface area contributed by atoms with E-state index in [1.807, 2.05) is 30.3 Å². The number of aldehydes is 1. The first kappa shape index (κ1) is 19.9. The van der Waals surface area contributed by atoms with E-state index in [9.17, 15) is 19.8 Å². The van der Waals surface area contributed by atoms with Crippen LogP contribution in [-0.4, -0.2) is 35.2 Å². The highest BCUT2D eigenvalue weighted by atomic mass is 35.5. The van der Waals surface area contributed by atoms with Gasteiger partial charge in [0.25, 0.3) is 0 Å². The molecule has 7 heteroatoms. The van der Waals surface area contributed by atoms with Gasteiger partial charge >= 0.3 is 6.09 Å². The molecule has 6 nitrogen and oxygen atoms in total. The number of amides is 1. The molecule has 138 valence electrons. The summed E-state index contributed by atoms with van der Waals surface area (Å²) in [6, 6.07) is 13.7. The van der Waals surface area contributed by atoms with Gasteiger partial charge in [-0.25, -0.2) is 4.79 Å². The Morgan fingerprint density at radius 3 is 2.58 bits per heavy atom. The Hall–Kier alpha value is -2.41. The molecule has 0 radical (unpaired) electrons. The molecule has 0 aliphatic carbocycles. The van der Waals surface area contributed by atoms with Crippen LogP contribution >= 0.6 is 11.6 Å². The Kier molecular flexibility index (Phi) is 7.59. The number of ether oxygens (including phenoxy) is 1. The molecular formula is C19H20ClNO5. The third-order valence-corrected chi connectivity index (χ3v) is 4.11. The molecule has 26 heavy (non-hydrogen) atoms. The number of nitrogens with one attached hydrogen (secondary N) is 1. The van der Waals surface area contributed by atoms with Crippen LogP contribution in [0.15, 0.2) is 48.5 Å². The van der Waals surface area contributed by atoms with Crippen molar-refractivity contribution < 1.29 is 24.5 Å². The predicted octanol–water partition coefficient (Wildman–Crippen LogP) is 2.86. The minimum absolute atomic E-state index is 0.120. The van der Waals surface area contributed by atoms with Crippen molar-refractivity contribution in [1.29, 1.82) is 0 Å². The molecule has 1 amide bonds. The van der Waals surface area contributed by atoms with Crippen molar-refractivity contribution in [3.8, 4) is 0 Å². The number of carbonyl (C=O) groups excluding carboxylic acids is 2. The van der Waals surface area contributed by atoms with Gasteiger partial charge in [-0.2, -0.15) is 0 Å². The van der Waals surface area contributed by atoms with E-state index in [1.165, 1.54) is 18.2 Å². The second-order valence-corrected chi connectivity index (χ2v) is 6.10. The predicted molar refractivity (Wildman–Crippen MR) is 97.1 cm³/mol. The van der Waals surface area contributed by atoms with E-state index in [-0.39, 0.29) is 24.6 Å². The molecule has 0 aromatic heterocycles. The van der Waals surface area contributed by atoms with Crippen LogP contribution in [0.2, 0.25) is 5.02 Å². The number of halogens is 1. The number of hydrogen-bond acceptors (Lipinski definition) is 5. The van der Waals surface area contributed by atoms with Crippen LogP contribution in [0.1, 0.15) is 34.0 Å². The van der Waals surface area contributed by atoms with Crippen LogP contribution in [0.5, 0.6) is 0 Å². The SMILES string of the molecule is O=Cc1ccc(C(O)C(O)CCNC(=O)OCc2ccccc2)cc1Cl. The first-order valence-corrected chi connectivity index (χ1v) is 8.44. The van der Waals surface area contributed by atoms with Gasteiger partial charge in [-0.15, -0.1) is 0 Å². The summed E-state index contributed by atoms with van der Waals surface area (Å²) in [5.74, 6) is 0. The molecule has 2 aromatic rings. The van der Waals surface area contributed by atoms with Crippen LogP contribution in [-0.2, 0) is 11.3 Å². The smallest absolute Gasteiger partial charge is 0.407 e. The number of aliphatic hydroxyl groups is 2. The fourth-order valence-electron chi connectivity index (χ4n) is 2.30. The monoisotopic (exact) mass is 377 g/mol. The van der Waals surface area contributed by atoms with Gasteiger partial charge in [0.15, 0.2) is 6.29 Å². The lowest BCUT2D eigenvalue weighted by Crippen LogP contribution is -2.29. The Morgan fingerprint density at radius 1 is 1.19 bits per heavy atom. The zero-order valence-corrected chi connectivity index (χ0v) is 14.7. The maximum Gasteiger partial charge on any atom is 0.407 e. The van der Waals surface area contributed by atoms with Gasteiger partial charge in [-0.3, -0.25) is 4.79 Å². The number of aliphatic hydroxyl groups excluding tert-OH is 2. The van der Waals surface area contributed by atoms with Gasteiger partial charge in [-0.05, 0) is 29.7 Å². The summed E-state index contributed by atoms with van der Waals surface area (Å²) in [4.78, 5) is 22.4. The Bertz CT molecular complexity index is 738. The quantitative estimate of drug-likeness (QED) is 0.615. The summed E-state index contributed by atoms with van der Waals surface area (Å²) in [5, 5.41) is 22.9.